The van der Waals surface area contributed by atoms with Gasteiger partial charge in [0.2, 0.25) is 0 Å². The molecule has 0 heterocycles. The second kappa shape index (κ2) is 8.20. The summed E-state index contributed by atoms with van der Waals surface area (Å²) in [7, 11) is 0. The highest BCUT2D eigenvalue weighted by Crippen LogP contribution is 2.28. The molecule has 0 spiro atoms. The number of carbonyl (C=O) groups excluding carboxylic acids is 1. The lowest BCUT2D eigenvalue weighted by atomic mass is 10.0. The molecule has 2 amide bonds. The molecule has 0 bridgehead atoms. The Morgan fingerprint density at radius 1 is 0.926 bits per heavy atom. The van der Waals surface area contributed by atoms with E-state index in [9.17, 15) is 14.7 Å². The number of para-hydroxylation sites is 1. The van der Waals surface area contributed by atoms with Gasteiger partial charge in [-0.05, 0) is 47.2 Å². The predicted molar refractivity (Wildman–Crippen MR) is 103 cm³/mol. The number of benzene rings is 3. The molecule has 0 unspecified atom stereocenters. The van der Waals surface area contributed by atoms with Gasteiger partial charge in [0.05, 0.1) is 12.2 Å². The quantitative estimate of drug-likeness (QED) is 0.534. The zero-order valence-electron chi connectivity index (χ0n) is 14.3. The van der Waals surface area contributed by atoms with Gasteiger partial charge < -0.3 is 25.6 Å². The molecular weight excluding hydrogens is 348 g/mol. The largest absolute Gasteiger partial charge is 0.491 e. The molecule has 7 nitrogen and oxygen atoms in total. The molecular formula is C20H18N2O5. The first-order chi connectivity index (χ1) is 13.1. The number of carbonyl (C=O) groups is 2. The second-order valence-electron chi connectivity index (χ2n) is 5.73. The SMILES string of the molecule is O=C(Nc1ccccc1)Nc1cc(C(=O)O)c2cc(OCCO)ccc2c1. The van der Waals surface area contributed by atoms with E-state index in [2.05, 4.69) is 10.6 Å². The third kappa shape index (κ3) is 4.53. The average molecular weight is 366 g/mol. The van der Waals surface area contributed by atoms with Gasteiger partial charge in [-0.2, -0.15) is 0 Å². The van der Waals surface area contributed by atoms with E-state index < -0.39 is 12.0 Å². The number of nitrogens with one attached hydrogen (secondary N) is 2. The maximum Gasteiger partial charge on any atom is 0.336 e. The maximum atomic E-state index is 12.2. The van der Waals surface area contributed by atoms with Crippen molar-refractivity contribution in [3.63, 3.8) is 0 Å². The van der Waals surface area contributed by atoms with Crippen molar-refractivity contribution < 1.29 is 24.5 Å². The van der Waals surface area contributed by atoms with Crippen LogP contribution < -0.4 is 15.4 Å². The summed E-state index contributed by atoms with van der Waals surface area (Å²) < 4.78 is 5.34. The molecule has 0 atom stereocenters. The van der Waals surface area contributed by atoms with Gasteiger partial charge in [0.15, 0.2) is 0 Å². The lowest BCUT2D eigenvalue weighted by Crippen LogP contribution is -2.19. The van der Waals surface area contributed by atoms with Crippen molar-refractivity contribution in [1.82, 2.24) is 0 Å². The molecule has 3 rings (SSSR count). The molecule has 27 heavy (non-hydrogen) atoms. The summed E-state index contributed by atoms with van der Waals surface area (Å²) in [5.74, 6) is -0.659. The minimum Gasteiger partial charge on any atom is -0.491 e. The number of carboxylic acids is 1. The van der Waals surface area contributed by atoms with Crippen LogP contribution >= 0.6 is 0 Å². The highest BCUT2D eigenvalue weighted by atomic mass is 16.5. The first kappa shape index (κ1) is 18.2. The maximum absolute atomic E-state index is 12.2. The summed E-state index contributed by atoms with van der Waals surface area (Å²) in [6.45, 7) is -0.0174. The lowest BCUT2D eigenvalue weighted by Gasteiger charge is -2.12. The van der Waals surface area contributed by atoms with E-state index in [4.69, 9.17) is 9.84 Å². The van der Waals surface area contributed by atoms with Gasteiger partial charge in [0.25, 0.3) is 0 Å². The first-order valence-electron chi connectivity index (χ1n) is 8.24. The normalized spacial score (nSPS) is 10.4. The predicted octanol–water partition coefficient (Wildman–Crippen LogP) is 3.55. The molecule has 0 radical (unpaired) electrons. The van der Waals surface area contributed by atoms with Crippen molar-refractivity contribution in [2.45, 2.75) is 0 Å². The summed E-state index contributed by atoms with van der Waals surface area (Å²) in [6, 6.07) is 16.5. The number of carboxylic acid groups (broad SMARTS) is 1. The van der Waals surface area contributed by atoms with Crippen LogP contribution in [0.4, 0.5) is 16.2 Å². The zero-order valence-corrected chi connectivity index (χ0v) is 14.3. The summed E-state index contributed by atoms with van der Waals surface area (Å²) in [6.07, 6.45) is 0. The van der Waals surface area contributed by atoms with Gasteiger partial charge in [0.1, 0.15) is 12.4 Å². The van der Waals surface area contributed by atoms with Crippen molar-refractivity contribution in [1.29, 1.82) is 0 Å². The lowest BCUT2D eigenvalue weighted by molar-refractivity contribution is 0.0699. The monoisotopic (exact) mass is 366 g/mol. The van der Waals surface area contributed by atoms with Crippen molar-refractivity contribution in [2.75, 3.05) is 23.8 Å². The van der Waals surface area contributed by atoms with E-state index in [0.717, 1.165) is 0 Å². The van der Waals surface area contributed by atoms with Gasteiger partial charge in [0, 0.05) is 11.4 Å². The summed E-state index contributed by atoms with van der Waals surface area (Å²) in [5.41, 5.74) is 1.02. The Kier molecular flexibility index (Phi) is 5.53. The molecule has 0 fully saturated rings. The summed E-state index contributed by atoms with van der Waals surface area (Å²) in [4.78, 5) is 23.8. The number of aliphatic hydroxyl groups excluding tert-OH is 1. The first-order valence-corrected chi connectivity index (χ1v) is 8.24. The van der Waals surface area contributed by atoms with E-state index in [1.807, 2.05) is 6.07 Å². The molecule has 0 aromatic heterocycles. The van der Waals surface area contributed by atoms with Crippen LogP contribution in [0, 0.1) is 0 Å². The molecule has 0 aliphatic heterocycles. The Morgan fingerprint density at radius 3 is 2.37 bits per heavy atom. The molecule has 4 N–H and O–H groups in total. The van der Waals surface area contributed by atoms with Crippen LogP contribution in [-0.2, 0) is 0 Å². The average Bonchev–Trinajstić information content (AvgIpc) is 2.66. The van der Waals surface area contributed by atoms with Crippen LogP contribution in [0.2, 0.25) is 0 Å². The molecule has 0 saturated heterocycles. The number of hydrogen-bond acceptors (Lipinski definition) is 4. The van der Waals surface area contributed by atoms with Gasteiger partial charge in [-0.25, -0.2) is 9.59 Å². The smallest absolute Gasteiger partial charge is 0.336 e. The van der Waals surface area contributed by atoms with E-state index in [1.165, 1.54) is 6.07 Å². The molecule has 3 aromatic carbocycles. The second-order valence-corrected chi connectivity index (χ2v) is 5.73. The Labute approximate surface area is 155 Å². The van der Waals surface area contributed by atoms with Crippen LogP contribution in [-0.4, -0.2) is 35.4 Å². The van der Waals surface area contributed by atoms with Crippen molar-refractivity contribution >= 4 is 34.1 Å². The number of ether oxygens (including phenoxy) is 1. The Bertz CT molecular complexity index is 973. The minimum atomic E-state index is -1.12. The molecule has 138 valence electrons. The van der Waals surface area contributed by atoms with Gasteiger partial charge in [-0.3, -0.25) is 0 Å². The molecule has 0 aliphatic carbocycles. The molecule has 0 aliphatic rings. The van der Waals surface area contributed by atoms with Gasteiger partial charge >= 0.3 is 12.0 Å². The number of fused-ring (bicyclic) bond motifs is 1. The van der Waals surface area contributed by atoms with E-state index in [0.29, 0.717) is 27.9 Å². The topological polar surface area (TPSA) is 108 Å². The van der Waals surface area contributed by atoms with Gasteiger partial charge in [-0.15, -0.1) is 0 Å². The number of amides is 2. The van der Waals surface area contributed by atoms with Crippen molar-refractivity contribution in [3.8, 4) is 5.75 Å². The number of rotatable bonds is 6. The number of hydrogen-bond donors (Lipinski definition) is 4. The third-order valence-corrected chi connectivity index (χ3v) is 3.81. The van der Waals surface area contributed by atoms with Crippen LogP contribution in [0.15, 0.2) is 60.7 Å². The Hall–Kier alpha value is -3.58. The van der Waals surface area contributed by atoms with E-state index in [1.54, 1.807) is 48.5 Å². The third-order valence-electron chi connectivity index (χ3n) is 3.81. The van der Waals surface area contributed by atoms with Gasteiger partial charge in [-0.1, -0.05) is 24.3 Å². The van der Waals surface area contributed by atoms with Crippen LogP contribution in [0.25, 0.3) is 10.8 Å². The summed E-state index contributed by atoms with van der Waals surface area (Å²) in [5, 5.41) is 24.8. The highest BCUT2D eigenvalue weighted by Gasteiger charge is 2.13. The molecule has 3 aromatic rings. The molecule has 0 saturated carbocycles. The zero-order chi connectivity index (χ0) is 19.2. The Morgan fingerprint density at radius 2 is 1.67 bits per heavy atom. The fraction of sp³-hybridized carbons (Fsp3) is 0.100. The van der Waals surface area contributed by atoms with Crippen molar-refractivity contribution in [3.05, 3.63) is 66.2 Å². The summed E-state index contributed by atoms with van der Waals surface area (Å²) >= 11 is 0. The minimum absolute atomic E-state index is 0.0389. The van der Waals surface area contributed by atoms with Crippen LogP contribution in [0.3, 0.4) is 0 Å². The number of aliphatic hydroxyl groups is 1. The Balaban J connectivity index is 1.88. The van der Waals surface area contributed by atoms with Crippen LogP contribution in [0.1, 0.15) is 10.4 Å². The number of urea groups is 1. The fourth-order valence-electron chi connectivity index (χ4n) is 2.65. The number of anilines is 2. The highest BCUT2D eigenvalue weighted by molar-refractivity contribution is 6.08. The van der Waals surface area contributed by atoms with E-state index in [-0.39, 0.29) is 18.8 Å². The van der Waals surface area contributed by atoms with Crippen molar-refractivity contribution in [2.24, 2.45) is 0 Å². The fourth-order valence-corrected chi connectivity index (χ4v) is 2.65. The van der Waals surface area contributed by atoms with E-state index >= 15 is 0 Å². The number of aromatic carboxylic acids is 1. The standard InChI is InChI=1S/C20H18N2O5/c23-8-9-27-16-7-6-13-10-15(11-18(19(24)25)17(13)12-16)22-20(26)21-14-4-2-1-3-5-14/h1-7,10-12,23H,8-9H2,(H,24,25)(H2,21,22,26). The molecule has 7 heteroatoms. The van der Waals surface area contributed by atoms with Crippen LogP contribution in [0.5, 0.6) is 5.75 Å².